The zero-order chi connectivity index (χ0) is 11.3. The maximum atomic E-state index is 3.83. The first-order valence-corrected chi connectivity index (χ1v) is 5.84. The van der Waals surface area contributed by atoms with Gasteiger partial charge in [-0.15, -0.1) is 6.58 Å². The van der Waals surface area contributed by atoms with E-state index < -0.39 is 0 Å². The molecule has 0 amide bonds. The van der Waals surface area contributed by atoms with Crippen LogP contribution in [0.2, 0.25) is 0 Å². The monoisotopic (exact) mass is 202 g/mol. The Morgan fingerprint density at radius 1 is 1.33 bits per heavy atom. The van der Waals surface area contributed by atoms with Crippen molar-refractivity contribution in [1.29, 1.82) is 0 Å². The summed E-state index contributed by atoms with van der Waals surface area (Å²) in [5.74, 6) is 0.753. The van der Waals surface area contributed by atoms with Crippen molar-refractivity contribution in [2.75, 3.05) is 0 Å². The molecule has 0 nitrogen and oxygen atoms in total. The number of aryl methyl sites for hydroxylation is 2. The minimum Gasteiger partial charge on any atom is -0.103 e. The summed E-state index contributed by atoms with van der Waals surface area (Å²) in [7, 11) is 0. The highest BCUT2D eigenvalue weighted by Gasteiger charge is 2.07. The van der Waals surface area contributed by atoms with E-state index in [0.29, 0.717) is 0 Å². The van der Waals surface area contributed by atoms with Crippen LogP contribution in [0.3, 0.4) is 0 Å². The fourth-order valence-corrected chi connectivity index (χ4v) is 1.96. The number of hydrogen-bond donors (Lipinski definition) is 0. The molecule has 15 heavy (non-hydrogen) atoms. The second-order valence-electron chi connectivity index (χ2n) is 4.43. The minimum atomic E-state index is 0.753. The van der Waals surface area contributed by atoms with E-state index in [1.807, 2.05) is 6.08 Å². The summed E-state index contributed by atoms with van der Waals surface area (Å²) in [6, 6.07) is 6.74. The highest BCUT2D eigenvalue weighted by Crippen LogP contribution is 2.19. The lowest BCUT2D eigenvalue weighted by atomic mass is 9.91. The fraction of sp³-hybridized carbons (Fsp3) is 0.467. The van der Waals surface area contributed by atoms with E-state index in [9.17, 15) is 0 Å². The molecule has 0 N–H and O–H groups in total. The topological polar surface area (TPSA) is 0 Å². The predicted octanol–water partition coefficient (Wildman–Crippen LogP) is 4.45. The third-order valence-electron chi connectivity index (χ3n) is 3.09. The van der Waals surface area contributed by atoms with E-state index in [-0.39, 0.29) is 0 Å². The molecule has 0 aromatic heterocycles. The average Bonchev–Trinajstić information content (AvgIpc) is 2.22. The van der Waals surface area contributed by atoms with E-state index in [1.165, 1.54) is 29.5 Å². The molecule has 0 saturated carbocycles. The molecule has 82 valence electrons. The summed E-state index contributed by atoms with van der Waals surface area (Å²) in [5, 5.41) is 0. The van der Waals surface area contributed by atoms with Crippen LogP contribution in [-0.2, 0) is 6.42 Å². The Bertz CT molecular complexity index is 323. The van der Waals surface area contributed by atoms with E-state index in [0.717, 1.165) is 12.3 Å². The molecule has 0 saturated heterocycles. The highest BCUT2D eigenvalue weighted by molar-refractivity contribution is 5.30. The molecule has 1 rings (SSSR count). The maximum Gasteiger partial charge on any atom is -0.0245 e. The van der Waals surface area contributed by atoms with Gasteiger partial charge in [0.2, 0.25) is 0 Å². The predicted molar refractivity (Wildman–Crippen MR) is 68.2 cm³/mol. The van der Waals surface area contributed by atoms with Crippen molar-refractivity contribution in [3.63, 3.8) is 0 Å². The molecule has 1 unspecified atom stereocenters. The molecule has 0 aliphatic heterocycles. The Balaban J connectivity index is 2.77. The van der Waals surface area contributed by atoms with Gasteiger partial charge in [-0.1, -0.05) is 43.2 Å². The zero-order valence-corrected chi connectivity index (χ0v) is 10.2. The maximum absolute atomic E-state index is 3.83. The second-order valence-corrected chi connectivity index (χ2v) is 4.43. The normalized spacial score (nSPS) is 12.5. The molecule has 0 heteroatoms. The number of rotatable bonds is 5. The Kier molecular flexibility index (Phi) is 4.61. The highest BCUT2D eigenvalue weighted by atomic mass is 14.1. The van der Waals surface area contributed by atoms with Crippen LogP contribution in [0, 0.1) is 19.8 Å². The van der Waals surface area contributed by atoms with Crippen molar-refractivity contribution >= 4 is 0 Å². The lowest BCUT2D eigenvalue weighted by Gasteiger charge is -2.14. The van der Waals surface area contributed by atoms with Crippen LogP contribution in [0.4, 0.5) is 0 Å². The first-order chi connectivity index (χ1) is 7.17. The molecule has 1 atom stereocenters. The van der Waals surface area contributed by atoms with Crippen molar-refractivity contribution in [1.82, 2.24) is 0 Å². The van der Waals surface area contributed by atoms with Gasteiger partial charge >= 0.3 is 0 Å². The summed E-state index contributed by atoms with van der Waals surface area (Å²) in [6.07, 6.45) is 5.60. The van der Waals surface area contributed by atoms with Gasteiger partial charge in [-0.3, -0.25) is 0 Å². The fourth-order valence-electron chi connectivity index (χ4n) is 1.96. The van der Waals surface area contributed by atoms with Gasteiger partial charge in [0.15, 0.2) is 0 Å². The van der Waals surface area contributed by atoms with E-state index >= 15 is 0 Å². The van der Waals surface area contributed by atoms with Gasteiger partial charge in [0.05, 0.1) is 0 Å². The number of allylic oxidation sites excluding steroid dienone is 1. The van der Waals surface area contributed by atoms with Crippen molar-refractivity contribution in [3.8, 4) is 0 Å². The van der Waals surface area contributed by atoms with Gasteiger partial charge < -0.3 is 0 Å². The Morgan fingerprint density at radius 2 is 2.07 bits per heavy atom. The Labute approximate surface area is 94.0 Å². The van der Waals surface area contributed by atoms with Gasteiger partial charge in [0, 0.05) is 0 Å². The van der Waals surface area contributed by atoms with Crippen LogP contribution in [-0.4, -0.2) is 0 Å². The molecular formula is C15H22. The number of hydrogen-bond acceptors (Lipinski definition) is 0. The van der Waals surface area contributed by atoms with Gasteiger partial charge in [-0.05, 0) is 43.7 Å². The Morgan fingerprint density at radius 3 is 2.67 bits per heavy atom. The van der Waals surface area contributed by atoms with Crippen molar-refractivity contribution in [3.05, 3.63) is 47.5 Å². The van der Waals surface area contributed by atoms with Gasteiger partial charge in [-0.25, -0.2) is 0 Å². The van der Waals surface area contributed by atoms with Crippen LogP contribution >= 0.6 is 0 Å². The average molecular weight is 202 g/mol. The van der Waals surface area contributed by atoms with E-state index in [2.05, 4.69) is 45.5 Å². The van der Waals surface area contributed by atoms with Crippen molar-refractivity contribution in [2.24, 2.45) is 5.92 Å². The first-order valence-electron chi connectivity index (χ1n) is 5.84. The second kappa shape index (κ2) is 5.75. The molecule has 0 fully saturated rings. The van der Waals surface area contributed by atoms with Crippen LogP contribution < -0.4 is 0 Å². The smallest absolute Gasteiger partial charge is 0.0245 e. The van der Waals surface area contributed by atoms with Crippen LogP contribution in [0.25, 0.3) is 0 Å². The third-order valence-corrected chi connectivity index (χ3v) is 3.09. The first kappa shape index (κ1) is 12.0. The molecule has 1 aromatic rings. The zero-order valence-electron chi connectivity index (χ0n) is 10.2. The lowest BCUT2D eigenvalue weighted by Crippen LogP contribution is -2.03. The molecule has 0 heterocycles. The quantitative estimate of drug-likeness (QED) is 0.619. The van der Waals surface area contributed by atoms with Crippen LogP contribution in [0.5, 0.6) is 0 Å². The molecule has 0 spiro atoms. The summed E-state index contributed by atoms with van der Waals surface area (Å²) in [4.78, 5) is 0. The van der Waals surface area contributed by atoms with Gasteiger partial charge in [0.25, 0.3) is 0 Å². The van der Waals surface area contributed by atoms with Crippen molar-refractivity contribution < 1.29 is 0 Å². The van der Waals surface area contributed by atoms with Crippen molar-refractivity contribution in [2.45, 2.75) is 40.0 Å². The molecular weight excluding hydrogens is 180 g/mol. The van der Waals surface area contributed by atoms with E-state index in [1.54, 1.807) is 0 Å². The molecule has 1 aromatic carbocycles. The largest absolute Gasteiger partial charge is 0.103 e. The summed E-state index contributed by atoms with van der Waals surface area (Å²) in [5.41, 5.74) is 4.29. The van der Waals surface area contributed by atoms with Crippen LogP contribution in [0.15, 0.2) is 30.9 Å². The molecule has 0 radical (unpaired) electrons. The standard InChI is InChI=1S/C15H22/c1-5-7-14(6-2)11-15-10-12(3)8-9-13(15)4/h5,8-10,14H,1,6-7,11H2,2-4H3. The molecule has 0 aliphatic carbocycles. The SMILES string of the molecule is C=CCC(CC)Cc1cc(C)ccc1C. The lowest BCUT2D eigenvalue weighted by molar-refractivity contribution is 0.513. The van der Waals surface area contributed by atoms with E-state index in [4.69, 9.17) is 0 Å². The van der Waals surface area contributed by atoms with Gasteiger partial charge in [-0.2, -0.15) is 0 Å². The van der Waals surface area contributed by atoms with Crippen LogP contribution in [0.1, 0.15) is 36.5 Å². The number of benzene rings is 1. The van der Waals surface area contributed by atoms with Gasteiger partial charge in [0.1, 0.15) is 0 Å². The molecule has 0 aliphatic rings. The Hall–Kier alpha value is -1.04. The molecule has 0 bridgehead atoms. The minimum absolute atomic E-state index is 0.753. The third kappa shape index (κ3) is 3.54. The summed E-state index contributed by atoms with van der Waals surface area (Å²) >= 11 is 0. The summed E-state index contributed by atoms with van der Waals surface area (Å²) < 4.78 is 0. The summed E-state index contributed by atoms with van der Waals surface area (Å²) in [6.45, 7) is 10.5.